The molecular weight excluding hydrogens is 184 g/mol. The lowest BCUT2D eigenvalue weighted by Crippen LogP contribution is -2.09. The third-order valence-corrected chi connectivity index (χ3v) is 1.72. The van der Waals surface area contributed by atoms with Gasteiger partial charge in [0.25, 0.3) is 0 Å². The van der Waals surface area contributed by atoms with E-state index in [1.807, 2.05) is 57.5 Å². The Morgan fingerprint density at radius 1 is 1.27 bits per heavy atom. The monoisotopic (exact) mass is 206 g/mol. The second-order valence-electron chi connectivity index (χ2n) is 2.84. The van der Waals surface area contributed by atoms with Crippen LogP contribution >= 0.6 is 0 Å². The molecule has 15 heavy (non-hydrogen) atoms. The summed E-state index contributed by atoms with van der Waals surface area (Å²) in [6, 6.07) is 0. The summed E-state index contributed by atoms with van der Waals surface area (Å²) in [5, 5.41) is 6.20. The standard InChI is InChI=1S/C13H20N2.H2/c1-5-8-9-12(6-2)15-13(7-3)10-11-14-4;/h5-11,14-15H,2H2,1,3-4H3;1H/b8-5-,11-10-,12-9+,13-7+;. The molecule has 0 heterocycles. The van der Waals surface area contributed by atoms with Crippen LogP contribution in [0.4, 0.5) is 0 Å². The van der Waals surface area contributed by atoms with Crippen LogP contribution in [0.15, 0.2) is 60.6 Å². The number of hydrogen-bond acceptors (Lipinski definition) is 2. The minimum absolute atomic E-state index is 0. The Morgan fingerprint density at radius 2 is 2.00 bits per heavy atom. The summed E-state index contributed by atoms with van der Waals surface area (Å²) in [5.41, 5.74) is 2.00. The van der Waals surface area contributed by atoms with Crippen LogP contribution in [-0.2, 0) is 0 Å². The maximum absolute atomic E-state index is 3.75. The molecule has 2 nitrogen and oxygen atoms in total. The number of hydrogen-bond donors (Lipinski definition) is 2. The molecule has 0 saturated heterocycles. The van der Waals surface area contributed by atoms with Crippen LogP contribution in [0.2, 0.25) is 0 Å². The van der Waals surface area contributed by atoms with E-state index in [0.29, 0.717) is 0 Å². The summed E-state index contributed by atoms with van der Waals surface area (Å²) in [6.07, 6.45) is 13.6. The Hall–Kier alpha value is -1.70. The molecule has 84 valence electrons. The van der Waals surface area contributed by atoms with Crippen molar-refractivity contribution in [3.8, 4) is 0 Å². The van der Waals surface area contributed by atoms with Gasteiger partial charge >= 0.3 is 0 Å². The van der Waals surface area contributed by atoms with E-state index in [9.17, 15) is 0 Å². The van der Waals surface area contributed by atoms with E-state index in [1.165, 1.54) is 0 Å². The molecule has 0 fully saturated rings. The minimum Gasteiger partial charge on any atom is -0.394 e. The molecule has 0 atom stereocenters. The molecule has 0 amide bonds. The molecule has 0 aliphatic carbocycles. The summed E-state index contributed by atoms with van der Waals surface area (Å²) in [7, 11) is 1.87. The van der Waals surface area contributed by atoms with Crippen LogP contribution in [0.25, 0.3) is 0 Å². The average molecular weight is 206 g/mol. The molecule has 0 aliphatic heterocycles. The highest BCUT2D eigenvalue weighted by Gasteiger charge is 1.91. The maximum Gasteiger partial charge on any atom is 0.0378 e. The summed E-state index contributed by atoms with van der Waals surface area (Å²) in [5.74, 6) is 0. The lowest BCUT2D eigenvalue weighted by molar-refractivity contribution is 1.02. The van der Waals surface area contributed by atoms with Crippen molar-refractivity contribution in [2.75, 3.05) is 7.05 Å². The summed E-state index contributed by atoms with van der Waals surface area (Å²) < 4.78 is 0. The van der Waals surface area contributed by atoms with Gasteiger partial charge in [-0.25, -0.2) is 0 Å². The van der Waals surface area contributed by atoms with Gasteiger partial charge < -0.3 is 10.6 Å². The Balaban J connectivity index is 0. The molecule has 0 aliphatic rings. The molecular formula is C13H22N2. The van der Waals surface area contributed by atoms with Gasteiger partial charge in [-0.2, -0.15) is 0 Å². The second kappa shape index (κ2) is 8.88. The summed E-state index contributed by atoms with van der Waals surface area (Å²) in [6.45, 7) is 7.72. The van der Waals surface area contributed by atoms with E-state index in [-0.39, 0.29) is 1.43 Å². The van der Waals surface area contributed by atoms with Gasteiger partial charge in [0.2, 0.25) is 0 Å². The van der Waals surface area contributed by atoms with Crippen LogP contribution in [0, 0.1) is 0 Å². The van der Waals surface area contributed by atoms with Crippen molar-refractivity contribution < 1.29 is 1.43 Å². The first-order valence-corrected chi connectivity index (χ1v) is 5.01. The zero-order valence-corrected chi connectivity index (χ0v) is 9.75. The van der Waals surface area contributed by atoms with Gasteiger partial charge in [0.05, 0.1) is 0 Å². The van der Waals surface area contributed by atoms with Crippen molar-refractivity contribution in [1.82, 2.24) is 10.6 Å². The van der Waals surface area contributed by atoms with Crippen molar-refractivity contribution in [2.24, 2.45) is 0 Å². The van der Waals surface area contributed by atoms with Crippen LogP contribution in [-0.4, -0.2) is 7.05 Å². The molecule has 0 aromatic heterocycles. The van der Waals surface area contributed by atoms with Crippen LogP contribution in [0.3, 0.4) is 0 Å². The van der Waals surface area contributed by atoms with E-state index in [0.717, 1.165) is 11.4 Å². The fraction of sp³-hybridized carbons (Fsp3) is 0.231. The van der Waals surface area contributed by atoms with Gasteiger partial charge in [0.1, 0.15) is 0 Å². The summed E-state index contributed by atoms with van der Waals surface area (Å²) >= 11 is 0. The third-order valence-electron chi connectivity index (χ3n) is 1.72. The van der Waals surface area contributed by atoms with Gasteiger partial charge in [0.15, 0.2) is 0 Å². The summed E-state index contributed by atoms with van der Waals surface area (Å²) in [4.78, 5) is 0. The third kappa shape index (κ3) is 6.38. The molecule has 0 unspecified atom stereocenters. The number of allylic oxidation sites excluding steroid dienone is 6. The van der Waals surface area contributed by atoms with Crippen molar-refractivity contribution in [3.05, 3.63) is 60.6 Å². The zero-order valence-electron chi connectivity index (χ0n) is 9.75. The smallest absolute Gasteiger partial charge is 0.0378 e. The molecule has 0 bridgehead atoms. The van der Waals surface area contributed by atoms with Crippen molar-refractivity contribution in [1.29, 1.82) is 0 Å². The van der Waals surface area contributed by atoms with Crippen molar-refractivity contribution in [2.45, 2.75) is 13.8 Å². The normalized spacial score (nSPS) is 13.5. The van der Waals surface area contributed by atoms with E-state index < -0.39 is 0 Å². The SMILES string of the molecule is C=C/C(=C\C=C/C)NC(/C=C\NC)=C/C.[HH]. The van der Waals surface area contributed by atoms with Gasteiger partial charge in [-0.05, 0) is 38.3 Å². The molecule has 2 N–H and O–H groups in total. The van der Waals surface area contributed by atoms with Crippen LogP contribution < -0.4 is 10.6 Å². The zero-order chi connectivity index (χ0) is 11.5. The Labute approximate surface area is 94.3 Å². The average Bonchev–Trinajstić information content (AvgIpc) is 2.28. The Bertz CT molecular complexity index is 299. The predicted molar refractivity (Wildman–Crippen MR) is 70.3 cm³/mol. The van der Waals surface area contributed by atoms with E-state index in [4.69, 9.17) is 0 Å². The Kier molecular flexibility index (Phi) is 7.87. The molecule has 0 radical (unpaired) electrons. The first kappa shape index (κ1) is 13.3. The fourth-order valence-corrected chi connectivity index (χ4v) is 0.910. The van der Waals surface area contributed by atoms with E-state index in [2.05, 4.69) is 17.2 Å². The lowest BCUT2D eigenvalue weighted by atomic mass is 10.3. The van der Waals surface area contributed by atoms with Crippen LogP contribution in [0.5, 0.6) is 0 Å². The maximum atomic E-state index is 3.75. The first-order chi connectivity index (χ1) is 7.28. The highest BCUT2D eigenvalue weighted by Crippen LogP contribution is 1.99. The van der Waals surface area contributed by atoms with E-state index in [1.54, 1.807) is 6.08 Å². The number of rotatable bonds is 6. The van der Waals surface area contributed by atoms with Gasteiger partial charge in [-0.15, -0.1) is 0 Å². The molecule has 0 saturated carbocycles. The number of nitrogens with one attached hydrogen (secondary N) is 2. The van der Waals surface area contributed by atoms with Crippen molar-refractivity contribution >= 4 is 0 Å². The molecule has 2 heteroatoms. The second-order valence-corrected chi connectivity index (χ2v) is 2.84. The van der Waals surface area contributed by atoms with Gasteiger partial charge in [-0.3, -0.25) is 0 Å². The Morgan fingerprint density at radius 3 is 2.47 bits per heavy atom. The predicted octanol–water partition coefficient (Wildman–Crippen LogP) is 3.10. The van der Waals surface area contributed by atoms with Gasteiger partial charge in [-0.1, -0.05) is 24.8 Å². The topological polar surface area (TPSA) is 24.1 Å². The molecule has 0 spiro atoms. The quantitative estimate of drug-likeness (QED) is 0.652. The highest BCUT2D eigenvalue weighted by atomic mass is 14.9. The largest absolute Gasteiger partial charge is 0.394 e. The minimum atomic E-state index is 0. The van der Waals surface area contributed by atoms with Gasteiger partial charge in [0, 0.05) is 19.9 Å². The molecule has 0 aromatic carbocycles. The lowest BCUT2D eigenvalue weighted by Gasteiger charge is -2.06. The fourth-order valence-electron chi connectivity index (χ4n) is 0.910. The van der Waals surface area contributed by atoms with Crippen molar-refractivity contribution in [3.63, 3.8) is 0 Å². The molecule has 0 rings (SSSR count). The highest BCUT2D eigenvalue weighted by molar-refractivity contribution is 5.28. The first-order valence-electron chi connectivity index (χ1n) is 5.01. The van der Waals surface area contributed by atoms with Crippen LogP contribution in [0.1, 0.15) is 15.3 Å². The molecule has 0 aromatic rings. The van der Waals surface area contributed by atoms with E-state index >= 15 is 0 Å².